The fourth-order valence-electron chi connectivity index (χ4n) is 2.10. The molecule has 0 aromatic rings. The Balaban J connectivity index is 3.48. The topological polar surface area (TPSA) is 18.5 Å². The number of methoxy groups -OCH3 is 2. The van der Waals surface area contributed by atoms with Gasteiger partial charge in [-0.1, -0.05) is 52.0 Å². The standard InChI is InChI=1S/C13H30O2Si/c1-5-6-7-8-9-10-11-12-13(14-2,15-3)16-4/h5-12,16H2,1-4H3. The second-order valence-corrected chi connectivity index (χ2v) is 6.33. The summed E-state index contributed by atoms with van der Waals surface area (Å²) in [6.07, 6.45) is 10.5. The van der Waals surface area contributed by atoms with Gasteiger partial charge in [-0.3, -0.25) is 0 Å². The lowest BCUT2D eigenvalue weighted by Crippen LogP contribution is -2.39. The summed E-state index contributed by atoms with van der Waals surface area (Å²) in [4.78, 5) is 0. The second kappa shape index (κ2) is 10.3. The van der Waals surface area contributed by atoms with Gasteiger partial charge in [0.05, 0.1) is 9.52 Å². The van der Waals surface area contributed by atoms with Gasteiger partial charge in [-0.05, 0) is 12.8 Å². The lowest BCUT2D eigenvalue weighted by molar-refractivity contribution is -0.149. The quantitative estimate of drug-likeness (QED) is 0.316. The Morgan fingerprint density at radius 1 is 0.875 bits per heavy atom. The van der Waals surface area contributed by atoms with Crippen molar-refractivity contribution in [1.82, 2.24) is 0 Å². The molecule has 98 valence electrons. The molecule has 0 aliphatic heterocycles. The molecule has 0 aromatic heterocycles. The molecule has 2 nitrogen and oxygen atoms in total. The Hall–Kier alpha value is 0.137. The molecule has 0 spiro atoms. The van der Waals surface area contributed by atoms with E-state index in [9.17, 15) is 0 Å². The molecule has 0 saturated heterocycles. The molecule has 0 radical (unpaired) electrons. The molecule has 0 unspecified atom stereocenters. The average Bonchev–Trinajstić information content (AvgIpc) is 2.34. The van der Waals surface area contributed by atoms with Crippen LogP contribution in [-0.2, 0) is 9.47 Å². The minimum Gasteiger partial charge on any atom is -0.358 e. The maximum atomic E-state index is 5.52. The highest BCUT2D eigenvalue weighted by molar-refractivity contribution is 6.37. The average molecular weight is 246 g/mol. The minimum atomic E-state index is -0.271. The zero-order valence-electron chi connectivity index (χ0n) is 11.7. The van der Waals surface area contributed by atoms with Crippen molar-refractivity contribution in [3.05, 3.63) is 0 Å². The van der Waals surface area contributed by atoms with Crippen LogP contribution in [0.25, 0.3) is 0 Å². The second-order valence-electron chi connectivity index (χ2n) is 4.54. The zero-order chi connectivity index (χ0) is 12.3. The summed E-state index contributed by atoms with van der Waals surface area (Å²) >= 11 is 0. The predicted molar refractivity (Wildman–Crippen MR) is 73.8 cm³/mol. The van der Waals surface area contributed by atoms with Gasteiger partial charge in [0.1, 0.15) is 5.41 Å². The van der Waals surface area contributed by atoms with E-state index in [1.54, 1.807) is 14.2 Å². The summed E-state index contributed by atoms with van der Waals surface area (Å²) in [5.74, 6) is 0. The number of hydrogen-bond donors (Lipinski definition) is 0. The SMILES string of the molecule is CCCCCCCCCC(OC)(OC)[SiH2]C. The molecular weight excluding hydrogens is 216 g/mol. The van der Waals surface area contributed by atoms with Crippen LogP contribution < -0.4 is 0 Å². The van der Waals surface area contributed by atoms with Gasteiger partial charge in [0.25, 0.3) is 0 Å². The van der Waals surface area contributed by atoms with Crippen molar-refractivity contribution >= 4 is 9.52 Å². The van der Waals surface area contributed by atoms with Crippen molar-refractivity contribution < 1.29 is 9.47 Å². The smallest absolute Gasteiger partial charge is 0.144 e. The van der Waals surface area contributed by atoms with Crippen molar-refractivity contribution in [2.24, 2.45) is 0 Å². The molecule has 0 aliphatic carbocycles. The van der Waals surface area contributed by atoms with Crippen LogP contribution in [0.1, 0.15) is 58.3 Å². The van der Waals surface area contributed by atoms with Gasteiger partial charge in [0.15, 0.2) is 0 Å². The van der Waals surface area contributed by atoms with Crippen LogP contribution in [0.4, 0.5) is 0 Å². The van der Waals surface area contributed by atoms with Crippen molar-refractivity contribution in [3.8, 4) is 0 Å². The molecule has 0 fully saturated rings. The van der Waals surface area contributed by atoms with E-state index in [4.69, 9.17) is 9.47 Å². The highest BCUT2D eigenvalue weighted by Gasteiger charge is 2.25. The normalized spacial score (nSPS) is 12.8. The number of hydrogen-bond acceptors (Lipinski definition) is 2. The summed E-state index contributed by atoms with van der Waals surface area (Å²) in [5, 5.41) is 0. The van der Waals surface area contributed by atoms with Crippen molar-refractivity contribution in [1.29, 1.82) is 0 Å². The first-order chi connectivity index (χ1) is 7.74. The van der Waals surface area contributed by atoms with Gasteiger partial charge in [-0.2, -0.15) is 0 Å². The first-order valence-corrected chi connectivity index (χ1v) is 8.97. The van der Waals surface area contributed by atoms with E-state index in [-0.39, 0.29) is 14.9 Å². The fourth-order valence-corrected chi connectivity index (χ4v) is 3.29. The summed E-state index contributed by atoms with van der Waals surface area (Å²) in [6, 6.07) is 0. The molecule has 0 rings (SSSR count). The predicted octanol–water partition coefficient (Wildman–Crippen LogP) is 3.29. The van der Waals surface area contributed by atoms with E-state index in [0.29, 0.717) is 0 Å². The molecular formula is C13H30O2Si. The molecule has 0 amide bonds. The van der Waals surface area contributed by atoms with Crippen LogP contribution in [0.3, 0.4) is 0 Å². The number of ether oxygens (including phenoxy) is 2. The van der Waals surface area contributed by atoms with Gasteiger partial charge in [0.2, 0.25) is 0 Å². The zero-order valence-corrected chi connectivity index (χ0v) is 13.1. The summed E-state index contributed by atoms with van der Waals surface area (Å²) in [6.45, 7) is 4.52. The van der Waals surface area contributed by atoms with Gasteiger partial charge >= 0.3 is 0 Å². The monoisotopic (exact) mass is 246 g/mol. The molecule has 0 bridgehead atoms. The Morgan fingerprint density at radius 2 is 1.38 bits per heavy atom. The van der Waals surface area contributed by atoms with Crippen LogP contribution in [0.5, 0.6) is 0 Å². The first-order valence-electron chi connectivity index (χ1n) is 6.85. The van der Waals surface area contributed by atoms with E-state index < -0.39 is 0 Å². The Bertz CT molecular complexity index is 139. The summed E-state index contributed by atoms with van der Waals surface area (Å²) < 4.78 is 11.0. The van der Waals surface area contributed by atoms with Gasteiger partial charge in [0, 0.05) is 14.2 Å². The highest BCUT2D eigenvalue weighted by Crippen LogP contribution is 2.19. The molecule has 0 aromatic carbocycles. The number of unbranched alkanes of at least 4 members (excludes halogenated alkanes) is 6. The Morgan fingerprint density at radius 3 is 1.81 bits per heavy atom. The van der Waals surface area contributed by atoms with Crippen LogP contribution in [0.15, 0.2) is 0 Å². The largest absolute Gasteiger partial charge is 0.358 e. The molecule has 0 saturated carbocycles. The Kier molecular flexibility index (Phi) is 10.4. The van der Waals surface area contributed by atoms with Crippen LogP contribution in [-0.4, -0.2) is 29.1 Å². The molecule has 0 aliphatic rings. The van der Waals surface area contributed by atoms with Crippen LogP contribution >= 0.6 is 0 Å². The van der Waals surface area contributed by atoms with E-state index >= 15 is 0 Å². The minimum absolute atomic E-state index is 0.191. The molecule has 0 heterocycles. The van der Waals surface area contributed by atoms with E-state index in [2.05, 4.69) is 13.5 Å². The summed E-state index contributed by atoms with van der Waals surface area (Å²) in [7, 11) is 3.29. The highest BCUT2D eigenvalue weighted by atomic mass is 28.2. The molecule has 16 heavy (non-hydrogen) atoms. The van der Waals surface area contributed by atoms with Crippen molar-refractivity contribution in [3.63, 3.8) is 0 Å². The molecule has 3 heteroatoms. The van der Waals surface area contributed by atoms with Crippen LogP contribution in [0.2, 0.25) is 6.55 Å². The van der Waals surface area contributed by atoms with Crippen LogP contribution in [0, 0.1) is 0 Å². The first kappa shape index (κ1) is 16.1. The third kappa shape index (κ3) is 6.66. The van der Waals surface area contributed by atoms with Gasteiger partial charge < -0.3 is 9.47 Å². The summed E-state index contributed by atoms with van der Waals surface area (Å²) in [5.41, 5.74) is -0.191. The van der Waals surface area contributed by atoms with Gasteiger partial charge in [-0.15, -0.1) is 0 Å². The van der Waals surface area contributed by atoms with E-state index in [1.807, 2.05) is 0 Å². The third-order valence-corrected chi connectivity index (χ3v) is 5.45. The van der Waals surface area contributed by atoms with E-state index in [1.165, 1.54) is 44.9 Å². The number of rotatable bonds is 11. The Labute approximate surface area is 104 Å². The van der Waals surface area contributed by atoms with Gasteiger partial charge in [-0.25, -0.2) is 0 Å². The maximum absolute atomic E-state index is 5.52. The van der Waals surface area contributed by atoms with E-state index in [0.717, 1.165) is 6.42 Å². The molecule has 0 N–H and O–H groups in total. The van der Waals surface area contributed by atoms with Crippen molar-refractivity contribution in [2.45, 2.75) is 70.2 Å². The lowest BCUT2D eigenvalue weighted by atomic mass is 10.1. The molecule has 0 atom stereocenters. The maximum Gasteiger partial charge on any atom is 0.144 e. The third-order valence-electron chi connectivity index (χ3n) is 3.44. The lowest BCUT2D eigenvalue weighted by Gasteiger charge is -2.29. The van der Waals surface area contributed by atoms with Crippen molar-refractivity contribution in [2.75, 3.05) is 14.2 Å². The fraction of sp³-hybridized carbons (Fsp3) is 1.00.